The molecule has 0 bridgehead atoms. The third-order valence-electron chi connectivity index (χ3n) is 5.19. The number of halogens is 1. The second kappa shape index (κ2) is 8.28. The van der Waals surface area contributed by atoms with Crippen LogP contribution in [0.5, 0.6) is 0 Å². The van der Waals surface area contributed by atoms with Crippen molar-refractivity contribution < 1.29 is 9.90 Å². The van der Waals surface area contributed by atoms with Crippen LogP contribution in [0.1, 0.15) is 43.2 Å². The topological polar surface area (TPSA) is 120 Å². The van der Waals surface area contributed by atoms with Crippen molar-refractivity contribution in [3.05, 3.63) is 57.1 Å². The van der Waals surface area contributed by atoms with E-state index < -0.39 is 5.97 Å². The van der Waals surface area contributed by atoms with Gasteiger partial charge in [0.25, 0.3) is 5.56 Å². The summed E-state index contributed by atoms with van der Waals surface area (Å²) < 4.78 is 1.55. The van der Waals surface area contributed by atoms with Gasteiger partial charge in [0.1, 0.15) is 16.8 Å². The third-order valence-corrected chi connectivity index (χ3v) is 5.46. The third kappa shape index (κ3) is 4.47. The number of carbonyl (C=O) groups is 1. The molecule has 0 radical (unpaired) electrons. The first-order valence-corrected chi connectivity index (χ1v) is 9.97. The molecule has 0 spiro atoms. The quantitative estimate of drug-likeness (QED) is 0.483. The molecule has 0 saturated carbocycles. The van der Waals surface area contributed by atoms with Crippen LogP contribution in [-0.4, -0.2) is 26.2 Å². The zero-order valence-corrected chi connectivity index (χ0v) is 18.3. The van der Waals surface area contributed by atoms with Crippen LogP contribution in [0.4, 0.5) is 17.1 Å². The minimum atomic E-state index is -1.25. The average Bonchev–Trinajstić information content (AvgIpc) is 2.71. The second-order valence-corrected chi connectivity index (χ2v) is 8.17. The van der Waals surface area contributed by atoms with E-state index in [0.29, 0.717) is 11.4 Å². The van der Waals surface area contributed by atoms with Gasteiger partial charge in [0, 0.05) is 35.4 Å². The van der Waals surface area contributed by atoms with Crippen LogP contribution in [0.25, 0.3) is 10.9 Å². The van der Waals surface area contributed by atoms with Crippen molar-refractivity contribution >= 4 is 45.5 Å². The number of fused-ring (bicyclic) bond motifs is 1. The van der Waals surface area contributed by atoms with Gasteiger partial charge in [0.2, 0.25) is 0 Å². The van der Waals surface area contributed by atoms with Crippen LogP contribution in [-0.2, 0) is 7.05 Å². The van der Waals surface area contributed by atoms with Gasteiger partial charge in [-0.3, -0.25) is 4.79 Å². The monoisotopic (exact) mass is 439 g/mol. The summed E-state index contributed by atoms with van der Waals surface area (Å²) in [4.78, 5) is 27.5. The molecule has 0 aliphatic heterocycles. The summed E-state index contributed by atoms with van der Waals surface area (Å²) >= 11 is 6.01. The maximum Gasteiger partial charge on any atom is 0.354 e. The predicted molar refractivity (Wildman–Crippen MR) is 121 cm³/mol. The van der Waals surface area contributed by atoms with Gasteiger partial charge in [-0.15, -0.1) is 0 Å². The lowest BCUT2D eigenvalue weighted by atomic mass is 10.0. The molecule has 0 amide bonds. The molecule has 9 heteroatoms. The molecule has 3 N–H and O–H groups in total. The lowest BCUT2D eigenvalue weighted by Crippen LogP contribution is -2.31. The number of pyridine rings is 2. The predicted octanol–water partition coefficient (Wildman–Crippen LogP) is 4.50. The summed E-state index contributed by atoms with van der Waals surface area (Å²) in [6, 6.07) is 10.1. The zero-order chi connectivity index (χ0) is 22.9. The molecule has 0 unspecified atom stereocenters. The summed E-state index contributed by atoms with van der Waals surface area (Å²) in [6.07, 6.45) is 0.848. The molecule has 3 rings (SSSR count). The highest BCUT2D eigenvalue weighted by Gasteiger charge is 2.18. The number of hydrogen-bond donors (Lipinski definition) is 3. The van der Waals surface area contributed by atoms with Crippen LogP contribution in [0.3, 0.4) is 0 Å². The first-order chi connectivity index (χ1) is 14.6. The molecular formula is C22H22ClN5O3. The number of hydrogen-bond acceptors (Lipinski definition) is 6. The Hall–Kier alpha value is -3.57. The molecule has 0 aliphatic carbocycles. The van der Waals surface area contributed by atoms with E-state index in [9.17, 15) is 20.0 Å². The van der Waals surface area contributed by atoms with Gasteiger partial charge >= 0.3 is 5.97 Å². The van der Waals surface area contributed by atoms with E-state index >= 15 is 0 Å². The molecule has 2 aromatic heterocycles. The lowest BCUT2D eigenvalue weighted by Gasteiger charge is -2.27. The van der Waals surface area contributed by atoms with E-state index in [0.717, 1.165) is 17.3 Å². The number of carboxylic acids is 1. The number of aromatic nitrogens is 2. The van der Waals surface area contributed by atoms with E-state index in [1.807, 2.05) is 26.0 Å². The van der Waals surface area contributed by atoms with Gasteiger partial charge in [-0.25, -0.2) is 9.78 Å². The number of nitriles is 1. The maximum absolute atomic E-state index is 12.4. The Kier molecular flexibility index (Phi) is 5.91. The van der Waals surface area contributed by atoms with Crippen molar-refractivity contribution in [1.29, 1.82) is 5.26 Å². The fourth-order valence-corrected chi connectivity index (χ4v) is 3.31. The molecular weight excluding hydrogens is 418 g/mol. The standard InChI is InChI=1S/C22H22ClN5O3/c1-5-22(2,3)27-16-10-19(29)28(4)18-7-6-12(8-13(16)18)25-15-9-17(21(30)31)26-20(23)14(15)11-24/h6-10,27H,5H2,1-4H3,(H,25,26)(H,30,31). The van der Waals surface area contributed by atoms with Crippen molar-refractivity contribution in [2.24, 2.45) is 7.05 Å². The number of aryl methyl sites for hydroxylation is 1. The highest BCUT2D eigenvalue weighted by atomic mass is 35.5. The van der Waals surface area contributed by atoms with Crippen molar-refractivity contribution in [2.75, 3.05) is 10.6 Å². The lowest BCUT2D eigenvalue weighted by molar-refractivity contribution is 0.0690. The molecule has 8 nitrogen and oxygen atoms in total. The Morgan fingerprint density at radius 3 is 2.61 bits per heavy atom. The van der Waals surface area contributed by atoms with Gasteiger partial charge in [-0.2, -0.15) is 5.26 Å². The first-order valence-electron chi connectivity index (χ1n) is 9.59. The number of nitrogens with one attached hydrogen (secondary N) is 2. The van der Waals surface area contributed by atoms with E-state index in [1.165, 1.54) is 6.07 Å². The summed E-state index contributed by atoms with van der Waals surface area (Å²) in [7, 11) is 1.70. The van der Waals surface area contributed by atoms with Crippen molar-refractivity contribution in [1.82, 2.24) is 9.55 Å². The fraction of sp³-hybridized carbons (Fsp3) is 0.273. The Labute approximate surface area is 184 Å². The number of carboxylic acid groups (broad SMARTS) is 1. The number of anilines is 3. The molecule has 0 fully saturated rings. The Balaban J connectivity index is 2.16. The van der Waals surface area contributed by atoms with Gasteiger partial charge in [0.05, 0.1) is 11.2 Å². The Morgan fingerprint density at radius 2 is 2.00 bits per heavy atom. The van der Waals surface area contributed by atoms with Crippen molar-refractivity contribution in [2.45, 2.75) is 32.7 Å². The second-order valence-electron chi connectivity index (χ2n) is 7.81. The normalized spacial score (nSPS) is 11.2. The number of nitrogens with zero attached hydrogens (tertiary/aromatic N) is 3. The highest BCUT2D eigenvalue weighted by molar-refractivity contribution is 6.31. The average molecular weight is 440 g/mol. The molecule has 2 heterocycles. The molecule has 3 aromatic rings. The summed E-state index contributed by atoms with van der Waals surface area (Å²) in [6.45, 7) is 6.15. The number of rotatable bonds is 6. The minimum absolute atomic E-state index is 0.0395. The van der Waals surface area contributed by atoms with Crippen molar-refractivity contribution in [3.63, 3.8) is 0 Å². The maximum atomic E-state index is 12.4. The molecule has 0 aliphatic rings. The molecule has 0 atom stereocenters. The summed E-state index contributed by atoms with van der Waals surface area (Å²) in [5, 5.41) is 25.8. The number of aromatic carboxylic acids is 1. The summed E-state index contributed by atoms with van der Waals surface area (Å²) in [5.41, 5.74) is 1.64. The first kappa shape index (κ1) is 22.1. The van der Waals surface area contributed by atoms with Gasteiger partial charge < -0.3 is 20.3 Å². The van der Waals surface area contributed by atoms with Crippen LogP contribution < -0.4 is 16.2 Å². The van der Waals surface area contributed by atoms with Crippen LogP contribution >= 0.6 is 11.6 Å². The van der Waals surface area contributed by atoms with E-state index in [-0.39, 0.29) is 33.2 Å². The van der Waals surface area contributed by atoms with Gasteiger partial charge in [-0.05, 0) is 44.5 Å². The van der Waals surface area contributed by atoms with Crippen LogP contribution in [0, 0.1) is 11.3 Å². The molecule has 0 saturated heterocycles. The molecule has 160 valence electrons. The fourth-order valence-electron chi connectivity index (χ4n) is 3.08. The largest absolute Gasteiger partial charge is 0.477 e. The smallest absolute Gasteiger partial charge is 0.354 e. The zero-order valence-electron chi connectivity index (χ0n) is 17.6. The van der Waals surface area contributed by atoms with Gasteiger partial charge in [0.15, 0.2) is 5.69 Å². The van der Waals surface area contributed by atoms with Crippen LogP contribution in [0.15, 0.2) is 35.1 Å². The van der Waals surface area contributed by atoms with E-state index in [2.05, 4.69) is 22.5 Å². The molecule has 31 heavy (non-hydrogen) atoms. The SMILES string of the molecule is CCC(C)(C)Nc1cc(=O)n(C)c2ccc(Nc3cc(C(=O)O)nc(Cl)c3C#N)cc12. The van der Waals surface area contributed by atoms with E-state index in [4.69, 9.17) is 11.6 Å². The highest BCUT2D eigenvalue weighted by Crippen LogP contribution is 2.31. The molecule has 1 aromatic carbocycles. The Morgan fingerprint density at radius 1 is 1.29 bits per heavy atom. The van der Waals surface area contributed by atoms with E-state index in [1.54, 1.807) is 29.8 Å². The summed E-state index contributed by atoms with van der Waals surface area (Å²) in [5.74, 6) is -1.25. The van der Waals surface area contributed by atoms with Crippen LogP contribution in [0.2, 0.25) is 5.15 Å². The minimum Gasteiger partial charge on any atom is -0.477 e. The van der Waals surface area contributed by atoms with Crippen molar-refractivity contribution in [3.8, 4) is 6.07 Å². The van der Waals surface area contributed by atoms with Gasteiger partial charge in [-0.1, -0.05) is 18.5 Å². The number of benzene rings is 1. The Bertz CT molecular complexity index is 1290.